The summed E-state index contributed by atoms with van der Waals surface area (Å²) in [5.74, 6) is 0.950. The molecule has 1 atom stereocenters. The number of hydrogen-bond acceptors (Lipinski definition) is 2. The van der Waals surface area contributed by atoms with E-state index >= 15 is 0 Å². The average molecular weight is 295 g/mol. The van der Waals surface area contributed by atoms with Crippen LogP contribution in [0.3, 0.4) is 0 Å². The third kappa shape index (κ3) is 5.25. The van der Waals surface area contributed by atoms with Crippen LogP contribution in [0.5, 0.6) is 0 Å². The molecule has 1 saturated heterocycles. The van der Waals surface area contributed by atoms with Gasteiger partial charge in [-0.05, 0) is 63.5 Å². The van der Waals surface area contributed by atoms with Gasteiger partial charge in [-0.3, -0.25) is 0 Å². The van der Waals surface area contributed by atoms with Crippen LogP contribution >= 0.6 is 0 Å². The minimum Gasteiger partial charge on any atom is -0.316 e. The summed E-state index contributed by atoms with van der Waals surface area (Å²) >= 11 is 0. The van der Waals surface area contributed by atoms with Gasteiger partial charge in [0, 0.05) is 19.1 Å². The first-order chi connectivity index (χ1) is 10.2. The lowest BCUT2D eigenvalue weighted by Crippen LogP contribution is -2.48. The van der Waals surface area contributed by atoms with Crippen molar-refractivity contribution < 1.29 is 0 Å². The molecule has 0 aromatic rings. The second kappa shape index (κ2) is 8.53. The van der Waals surface area contributed by atoms with E-state index in [0.717, 1.165) is 12.0 Å². The molecule has 2 fully saturated rings. The van der Waals surface area contributed by atoms with E-state index < -0.39 is 0 Å². The molecule has 1 unspecified atom stereocenters. The van der Waals surface area contributed by atoms with Crippen molar-refractivity contribution >= 4 is 0 Å². The molecule has 0 aromatic heterocycles. The van der Waals surface area contributed by atoms with Crippen molar-refractivity contribution in [3.63, 3.8) is 0 Å². The van der Waals surface area contributed by atoms with Crippen molar-refractivity contribution in [1.82, 2.24) is 10.2 Å². The predicted molar refractivity (Wildman–Crippen MR) is 92.7 cm³/mol. The Morgan fingerprint density at radius 3 is 2.52 bits per heavy atom. The zero-order valence-electron chi connectivity index (χ0n) is 14.8. The highest BCUT2D eigenvalue weighted by molar-refractivity contribution is 4.90. The monoisotopic (exact) mass is 294 g/mol. The van der Waals surface area contributed by atoms with Crippen molar-refractivity contribution in [2.24, 2.45) is 11.3 Å². The van der Waals surface area contributed by atoms with Gasteiger partial charge in [0.1, 0.15) is 0 Å². The zero-order chi connectivity index (χ0) is 15.1. The van der Waals surface area contributed by atoms with Crippen LogP contribution in [0.15, 0.2) is 0 Å². The Hall–Kier alpha value is -0.0800. The lowest BCUT2D eigenvalue weighted by atomic mass is 9.70. The summed E-state index contributed by atoms with van der Waals surface area (Å²) in [5, 5.41) is 3.75. The normalized spacial score (nSPS) is 35.6. The van der Waals surface area contributed by atoms with Gasteiger partial charge >= 0.3 is 0 Å². The first kappa shape index (κ1) is 17.3. The molecule has 0 aromatic carbocycles. The molecule has 0 radical (unpaired) electrons. The third-order valence-electron chi connectivity index (χ3n) is 5.99. The molecule has 2 nitrogen and oxygen atoms in total. The van der Waals surface area contributed by atoms with E-state index in [9.17, 15) is 0 Å². The van der Waals surface area contributed by atoms with E-state index in [2.05, 4.69) is 31.0 Å². The summed E-state index contributed by atoms with van der Waals surface area (Å²) in [4.78, 5) is 2.83. The van der Waals surface area contributed by atoms with Gasteiger partial charge in [0.05, 0.1) is 0 Å². The highest BCUT2D eigenvalue weighted by Gasteiger charge is 2.36. The van der Waals surface area contributed by atoms with E-state index in [4.69, 9.17) is 0 Å². The maximum Gasteiger partial charge on any atom is 0.00671 e. The topological polar surface area (TPSA) is 15.3 Å². The summed E-state index contributed by atoms with van der Waals surface area (Å²) in [6.07, 6.45) is 12.7. The van der Waals surface area contributed by atoms with Crippen LogP contribution in [-0.2, 0) is 0 Å². The van der Waals surface area contributed by atoms with Crippen molar-refractivity contribution in [3.05, 3.63) is 0 Å². The number of nitrogens with one attached hydrogen (secondary N) is 1. The van der Waals surface area contributed by atoms with Crippen LogP contribution in [-0.4, -0.2) is 37.1 Å². The van der Waals surface area contributed by atoms with Gasteiger partial charge in [0.15, 0.2) is 0 Å². The minimum absolute atomic E-state index is 0.556. The Bertz CT molecular complexity index is 281. The number of rotatable bonds is 6. The number of likely N-dealkylation sites (tertiary alicyclic amines) is 1. The largest absolute Gasteiger partial charge is 0.316 e. The molecular formula is C19H38N2. The maximum atomic E-state index is 3.75. The molecule has 0 bridgehead atoms. The van der Waals surface area contributed by atoms with E-state index in [-0.39, 0.29) is 0 Å². The first-order valence-corrected chi connectivity index (χ1v) is 9.60. The Kier molecular flexibility index (Phi) is 7.01. The summed E-state index contributed by atoms with van der Waals surface area (Å²) in [7, 11) is 0. The molecule has 21 heavy (non-hydrogen) atoms. The van der Waals surface area contributed by atoms with E-state index in [1.54, 1.807) is 0 Å². The van der Waals surface area contributed by atoms with Crippen LogP contribution in [0, 0.1) is 11.3 Å². The zero-order valence-corrected chi connectivity index (χ0v) is 14.8. The van der Waals surface area contributed by atoms with Crippen molar-refractivity contribution in [2.75, 3.05) is 26.2 Å². The van der Waals surface area contributed by atoms with Gasteiger partial charge in [0.25, 0.3) is 0 Å². The van der Waals surface area contributed by atoms with Crippen LogP contribution in [0.4, 0.5) is 0 Å². The van der Waals surface area contributed by atoms with Gasteiger partial charge in [-0.25, -0.2) is 0 Å². The molecule has 0 spiro atoms. The fourth-order valence-electron chi connectivity index (χ4n) is 4.30. The maximum absolute atomic E-state index is 3.75. The predicted octanol–water partition coefficient (Wildman–Crippen LogP) is 4.45. The quantitative estimate of drug-likeness (QED) is 0.728. The molecule has 1 aliphatic carbocycles. The molecule has 124 valence electrons. The summed E-state index contributed by atoms with van der Waals surface area (Å²) in [5.41, 5.74) is 0.556. The number of hydrogen-bond donors (Lipinski definition) is 1. The van der Waals surface area contributed by atoms with Crippen molar-refractivity contribution in [3.8, 4) is 0 Å². The molecule has 1 aliphatic heterocycles. The van der Waals surface area contributed by atoms with Crippen molar-refractivity contribution in [1.29, 1.82) is 0 Å². The Morgan fingerprint density at radius 2 is 1.81 bits per heavy atom. The van der Waals surface area contributed by atoms with Crippen LogP contribution in [0.25, 0.3) is 0 Å². The number of nitrogens with zero attached hydrogens (tertiary/aromatic N) is 1. The van der Waals surface area contributed by atoms with E-state index in [0.29, 0.717) is 5.41 Å². The molecule has 1 saturated carbocycles. The Morgan fingerprint density at radius 1 is 1.05 bits per heavy atom. The van der Waals surface area contributed by atoms with Gasteiger partial charge < -0.3 is 10.2 Å². The minimum atomic E-state index is 0.556. The van der Waals surface area contributed by atoms with Crippen LogP contribution in [0.1, 0.15) is 78.6 Å². The van der Waals surface area contributed by atoms with Gasteiger partial charge in [-0.15, -0.1) is 0 Å². The van der Waals surface area contributed by atoms with Gasteiger partial charge in [-0.2, -0.15) is 0 Å². The molecule has 2 heteroatoms. The molecule has 2 rings (SSSR count). The SMILES string of the molecule is CCCNCC1(CN2CCCCCC2C)CCC(C)CC1. The first-order valence-electron chi connectivity index (χ1n) is 9.60. The highest BCUT2D eigenvalue weighted by atomic mass is 15.2. The van der Waals surface area contributed by atoms with Crippen molar-refractivity contribution in [2.45, 2.75) is 84.6 Å². The summed E-state index contributed by atoms with van der Waals surface area (Å²) in [6.45, 7) is 12.3. The molecule has 2 aliphatic rings. The smallest absolute Gasteiger partial charge is 0.00671 e. The average Bonchev–Trinajstić information content (AvgIpc) is 2.68. The molecule has 0 amide bonds. The van der Waals surface area contributed by atoms with E-state index in [1.807, 2.05) is 0 Å². The molecular weight excluding hydrogens is 256 g/mol. The second-order valence-corrected chi connectivity index (χ2v) is 8.03. The fraction of sp³-hybridized carbons (Fsp3) is 1.00. The fourth-order valence-corrected chi connectivity index (χ4v) is 4.30. The standard InChI is InChI=1S/C19H38N2/c1-4-13-20-15-19(11-9-17(2)10-12-19)16-21-14-7-5-6-8-18(21)3/h17-18,20H,4-16H2,1-3H3. The lowest BCUT2D eigenvalue weighted by molar-refractivity contribution is 0.0682. The molecule has 1 heterocycles. The summed E-state index contributed by atoms with van der Waals surface area (Å²) < 4.78 is 0. The lowest BCUT2D eigenvalue weighted by Gasteiger charge is -2.44. The second-order valence-electron chi connectivity index (χ2n) is 8.03. The molecule has 1 N–H and O–H groups in total. The third-order valence-corrected chi connectivity index (χ3v) is 5.99. The Balaban J connectivity index is 1.96. The van der Waals surface area contributed by atoms with Crippen LogP contribution < -0.4 is 5.32 Å². The summed E-state index contributed by atoms with van der Waals surface area (Å²) in [6, 6.07) is 0.801. The van der Waals surface area contributed by atoms with Gasteiger partial charge in [-0.1, -0.05) is 39.5 Å². The van der Waals surface area contributed by atoms with Gasteiger partial charge in [0.2, 0.25) is 0 Å². The van der Waals surface area contributed by atoms with Crippen LogP contribution in [0.2, 0.25) is 0 Å². The van der Waals surface area contributed by atoms with E-state index in [1.165, 1.54) is 84.0 Å². The Labute approximate surface area is 133 Å². The highest BCUT2D eigenvalue weighted by Crippen LogP contribution is 2.40.